The van der Waals surface area contributed by atoms with Gasteiger partial charge in [0.2, 0.25) is 0 Å². The van der Waals surface area contributed by atoms with Crippen molar-refractivity contribution in [1.29, 1.82) is 0 Å². The fraction of sp³-hybridized carbons (Fsp3) is 0.545. The van der Waals surface area contributed by atoms with Crippen LogP contribution in [0.25, 0.3) is 11.3 Å². The lowest BCUT2D eigenvalue weighted by Crippen LogP contribution is -2.63. The Hall–Kier alpha value is -2.34. The maximum atomic E-state index is 12.3. The number of aliphatic hydroxyl groups excluding tert-OH is 1. The molecule has 0 radical (unpaired) electrons. The van der Waals surface area contributed by atoms with Crippen molar-refractivity contribution in [3.8, 4) is 11.3 Å². The Morgan fingerprint density at radius 2 is 2.04 bits per heavy atom. The van der Waals surface area contributed by atoms with Crippen LogP contribution in [0, 0.1) is 11.3 Å². The maximum Gasteiger partial charge on any atom is 0.410 e. The van der Waals surface area contributed by atoms with Gasteiger partial charge in [0, 0.05) is 30.0 Å². The van der Waals surface area contributed by atoms with E-state index in [9.17, 15) is 9.90 Å². The Balaban J connectivity index is 1.36. The van der Waals surface area contributed by atoms with Crippen molar-refractivity contribution in [3.63, 3.8) is 0 Å². The van der Waals surface area contributed by atoms with Crippen molar-refractivity contribution in [2.24, 2.45) is 11.3 Å². The lowest BCUT2D eigenvalue weighted by molar-refractivity contribution is -0.0900. The van der Waals surface area contributed by atoms with Crippen molar-refractivity contribution >= 4 is 6.09 Å². The fourth-order valence-electron chi connectivity index (χ4n) is 5.37. The highest BCUT2D eigenvalue weighted by atomic mass is 16.6. The third-order valence-electron chi connectivity index (χ3n) is 6.60. The second-order valence-corrected chi connectivity index (χ2v) is 9.56. The second-order valence-electron chi connectivity index (χ2n) is 9.56. The number of rotatable bonds is 1. The van der Waals surface area contributed by atoms with Gasteiger partial charge in [0.05, 0.1) is 30.4 Å². The van der Waals surface area contributed by atoms with Gasteiger partial charge < -0.3 is 19.3 Å². The van der Waals surface area contributed by atoms with Gasteiger partial charge in [-0.3, -0.25) is 0 Å². The number of amides is 1. The Kier molecular flexibility index (Phi) is 3.69. The van der Waals surface area contributed by atoms with Crippen LogP contribution in [0.1, 0.15) is 45.2 Å². The van der Waals surface area contributed by atoms with Crippen LogP contribution in [0.4, 0.5) is 4.79 Å². The molecule has 1 saturated heterocycles. The van der Waals surface area contributed by atoms with Crippen LogP contribution >= 0.6 is 0 Å². The van der Waals surface area contributed by atoms with Crippen molar-refractivity contribution in [3.05, 3.63) is 42.4 Å². The summed E-state index contributed by atoms with van der Waals surface area (Å²) >= 11 is 0. The third kappa shape index (κ3) is 2.50. The highest BCUT2D eigenvalue weighted by molar-refractivity contribution is 5.70. The number of imidazole rings is 1. The first-order valence-corrected chi connectivity index (χ1v) is 10.1. The molecule has 1 N–H and O–H groups in total. The molecule has 28 heavy (non-hydrogen) atoms. The Morgan fingerprint density at radius 1 is 1.29 bits per heavy atom. The number of carbonyl (C=O) groups is 1. The zero-order valence-corrected chi connectivity index (χ0v) is 16.6. The number of aliphatic hydroxyl groups is 1. The molecule has 6 heteroatoms. The third-order valence-corrected chi connectivity index (χ3v) is 6.60. The summed E-state index contributed by atoms with van der Waals surface area (Å²) in [6, 6.07) is 8.52. The van der Waals surface area contributed by atoms with Crippen LogP contribution in [0.2, 0.25) is 0 Å². The van der Waals surface area contributed by atoms with Crippen molar-refractivity contribution in [2.45, 2.75) is 51.4 Å². The summed E-state index contributed by atoms with van der Waals surface area (Å²) in [6.45, 7) is 6.78. The predicted molar refractivity (Wildman–Crippen MR) is 105 cm³/mol. The monoisotopic (exact) mass is 381 g/mol. The average molecular weight is 381 g/mol. The molecule has 3 atom stereocenters. The number of hydrogen-bond donors (Lipinski definition) is 1. The molecule has 0 unspecified atom stereocenters. The first kappa shape index (κ1) is 17.7. The average Bonchev–Trinajstić information content (AvgIpc) is 3.25. The number of carbonyl (C=O) groups excluding carboxylic acids is 1. The number of ether oxygens (including phenoxy) is 1. The number of fused-ring (bicyclic) bond motifs is 3. The first-order valence-electron chi connectivity index (χ1n) is 10.1. The predicted octanol–water partition coefficient (Wildman–Crippen LogP) is 3.46. The Labute approximate surface area is 165 Å². The molecular weight excluding hydrogens is 354 g/mol. The van der Waals surface area contributed by atoms with Crippen LogP contribution in [-0.2, 0) is 4.74 Å². The number of nitrogens with zero attached hydrogens (tertiary/aromatic N) is 3. The Morgan fingerprint density at radius 3 is 2.79 bits per heavy atom. The molecule has 2 aromatic rings. The highest BCUT2D eigenvalue weighted by Crippen LogP contribution is 2.55. The molecule has 148 valence electrons. The van der Waals surface area contributed by atoms with Gasteiger partial charge in [-0.15, -0.1) is 0 Å². The summed E-state index contributed by atoms with van der Waals surface area (Å²) in [6.07, 6.45) is 4.94. The van der Waals surface area contributed by atoms with Gasteiger partial charge in [-0.25, -0.2) is 9.78 Å². The summed E-state index contributed by atoms with van der Waals surface area (Å²) in [5.41, 5.74) is 2.89. The molecule has 1 aromatic heterocycles. The van der Waals surface area contributed by atoms with Gasteiger partial charge in [0.1, 0.15) is 5.60 Å². The van der Waals surface area contributed by atoms with Crippen molar-refractivity contribution in [2.75, 3.05) is 13.1 Å². The van der Waals surface area contributed by atoms with E-state index < -0.39 is 11.7 Å². The Bertz CT molecular complexity index is 923. The van der Waals surface area contributed by atoms with Crippen molar-refractivity contribution in [1.82, 2.24) is 14.5 Å². The minimum absolute atomic E-state index is 0.110. The molecule has 0 bridgehead atoms. The first-order chi connectivity index (χ1) is 13.3. The van der Waals surface area contributed by atoms with Gasteiger partial charge in [-0.1, -0.05) is 24.3 Å². The lowest BCUT2D eigenvalue weighted by Gasteiger charge is -2.50. The molecule has 3 aliphatic rings. The SMILES string of the molecule is CC(C)(C)OC(=O)N1CC2(CC[C@H]([C@H]3c4ccccc4-c4cncn43)[C@@H]2O)C1. The van der Waals surface area contributed by atoms with E-state index in [2.05, 4.69) is 33.8 Å². The summed E-state index contributed by atoms with van der Waals surface area (Å²) in [7, 11) is 0. The van der Waals surface area contributed by atoms with Crippen molar-refractivity contribution < 1.29 is 14.6 Å². The minimum Gasteiger partial charge on any atom is -0.444 e. The zero-order chi connectivity index (χ0) is 19.7. The molecule has 1 saturated carbocycles. The van der Waals surface area contributed by atoms with E-state index in [4.69, 9.17) is 4.74 Å². The van der Waals surface area contributed by atoms with Gasteiger partial charge in [0.15, 0.2) is 0 Å². The van der Waals surface area contributed by atoms with Crippen LogP contribution < -0.4 is 0 Å². The van der Waals surface area contributed by atoms with E-state index in [1.165, 1.54) is 11.1 Å². The maximum absolute atomic E-state index is 12.3. The van der Waals surface area contributed by atoms with Crippen LogP contribution in [0.3, 0.4) is 0 Å². The standard InChI is InChI=1S/C22H27N3O3/c1-21(2,3)28-20(27)24-11-22(12-24)9-8-16(19(22)26)18-15-7-5-4-6-14(15)17-10-23-13-25(17)18/h4-7,10,13,16,18-19,26H,8-9,11-12H2,1-3H3/t16-,18-,19+/m1/s1. The second kappa shape index (κ2) is 5.83. The molecule has 6 nitrogen and oxygen atoms in total. The van der Waals surface area contributed by atoms with E-state index in [1.807, 2.05) is 33.3 Å². The number of likely N-dealkylation sites (tertiary alicyclic amines) is 1. The normalized spacial score (nSPS) is 27.4. The van der Waals surface area contributed by atoms with Gasteiger partial charge in [0.25, 0.3) is 0 Å². The summed E-state index contributed by atoms with van der Waals surface area (Å²) in [4.78, 5) is 18.4. The summed E-state index contributed by atoms with van der Waals surface area (Å²) in [5.74, 6) is 0.123. The molecule has 5 rings (SSSR count). The topological polar surface area (TPSA) is 67.6 Å². The van der Waals surface area contributed by atoms with E-state index in [1.54, 1.807) is 4.90 Å². The quantitative estimate of drug-likeness (QED) is 0.821. The molecule has 2 fully saturated rings. The number of aromatic nitrogens is 2. The number of benzene rings is 1. The van der Waals surface area contributed by atoms with E-state index in [-0.39, 0.29) is 23.5 Å². The van der Waals surface area contributed by atoms with Crippen LogP contribution in [0.5, 0.6) is 0 Å². The van der Waals surface area contributed by atoms with Gasteiger partial charge in [-0.2, -0.15) is 0 Å². The molecule has 1 amide bonds. The molecule has 2 aliphatic heterocycles. The number of hydrogen-bond acceptors (Lipinski definition) is 4. The smallest absolute Gasteiger partial charge is 0.410 e. The van der Waals surface area contributed by atoms with Gasteiger partial charge in [-0.05, 0) is 39.2 Å². The zero-order valence-electron chi connectivity index (χ0n) is 16.6. The minimum atomic E-state index is -0.498. The van der Waals surface area contributed by atoms with Gasteiger partial charge >= 0.3 is 6.09 Å². The van der Waals surface area contributed by atoms with Crippen LogP contribution in [-0.4, -0.2) is 50.4 Å². The lowest BCUT2D eigenvalue weighted by atomic mass is 9.74. The largest absolute Gasteiger partial charge is 0.444 e. The molecule has 1 aromatic carbocycles. The van der Waals surface area contributed by atoms with E-state index >= 15 is 0 Å². The summed E-state index contributed by atoms with van der Waals surface area (Å²) in [5, 5.41) is 11.3. The molecule has 1 spiro atoms. The highest BCUT2D eigenvalue weighted by Gasteiger charge is 2.59. The molecule has 3 heterocycles. The molecular formula is C22H27N3O3. The summed E-state index contributed by atoms with van der Waals surface area (Å²) < 4.78 is 7.69. The molecule has 1 aliphatic carbocycles. The fourth-order valence-corrected chi connectivity index (χ4v) is 5.37. The van der Waals surface area contributed by atoms with Crippen LogP contribution in [0.15, 0.2) is 36.8 Å². The van der Waals surface area contributed by atoms with E-state index in [0.29, 0.717) is 13.1 Å². The van der Waals surface area contributed by atoms with E-state index in [0.717, 1.165) is 18.5 Å².